The van der Waals surface area contributed by atoms with Crippen LogP contribution in [-0.2, 0) is 6.42 Å². The molecule has 0 aliphatic carbocycles. The largest absolute Gasteiger partial charge is 0.391 e. The molecule has 0 aromatic carbocycles. The molecular weight excluding hydrogens is 184 g/mol. The topological polar surface area (TPSA) is 59.1 Å². The third kappa shape index (κ3) is 2.75. The average Bonchev–Trinajstić information content (AvgIpc) is 2.35. The van der Waals surface area contributed by atoms with Crippen molar-refractivity contribution in [2.45, 2.75) is 12.5 Å². The van der Waals surface area contributed by atoms with Crippen LogP contribution in [-0.4, -0.2) is 22.7 Å². The van der Waals surface area contributed by atoms with Gasteiger partial charge >= 0.3 is 0 Å². The second-order valence-electron chi connectivity index (χ2n) is 2.17. The van der Waals surface area contributed by atoms with Gasteiger partial charge in [-0.2, -0.15) is 0 Å². The van der Waals surface area contributed by atoms with E-state index in [2.05, 4.69) is 4.98 Å². The van der Waals surface area contributed by atoms with Crippen molar-refractivity contribution in [2.24, 2.45) is 5.73 Å². The van der Waals surface area contributed by atoms with E-state index < -0.39 is 6.10 Å². The first kappa shape index (κ1) is 8.93. The molecule has 1 aromatic heterocycles. The lowest BCUT2D eigenvalue weighted by atomic mass is 10.2. The Morgan fingerprint density at radius 1 is 1.82 bits per heavy atom. The highest BCUT2D eigenvalue weighted by atomic mass is 35.5. The smallest absolute Gasteiger partial charge is 0.183 e. The molecule has 0 radical (unpaired) electrons. The minimum atomic E-state index is -0.480. The summed E-state index contributed by atoms with van der Waals surface area (Å²) in [5.41, 5.74) is 5.23. The van der Waals surface area contributed by atoms with Crippen molar-refractivity contribution >= 4 is 22.9 Å². The Hall–Kier alpha value is -0.160. The monoisotopic (exact) mass is 192 g/mol. The minimum absolute atomic E-state index is 0.273. The van der Waals surface area contributed by atoms with E-state index in [9.17, 15) is 0 Å². The lowest BCUT2D eigenvalue weighted by molar-refractivity contribution is 0.184. The Bertz CT molecular complexity index is 228. The molecule has 62 valence electrons. The molecule has 0 saturated heterocycles. The fraction of sp³-hybridized carbons (Fsp3) is 0.500. The molecule has 1 aromatic rings. The Balaban J connectivity index is 2.50. The van der Waals surface area contributed by atoms with Crippen molar-refractivity contribution in [1.29, 1.82) is 0 Å². The van der Waals surface area contributed by atoms with Crippen molar-refractivity contribution in [1.82, 2.24) is 4.98 Å². The van der Waals surface area contributed by atoms with Crippen LogP contribution in [0.15, 0.2) is 6.20 Å². The van der Waals surface area contributed by atoms with Gasteiger partial charge in [-0.15, -0.1) is 11.3 Å². The zero-order valence-electron chi connectivity index (χ0n) is 5.83. The molecule has 5 heteroatoms. The maximum absolute atomic E-state index is 9.13. The van der Waals surface area contributed by atoms with Gasteiger partial charge in [0.05, 0.1) is 6.10 Å². The molecule has 0 fully saturated rings. The fourth-order valence-electron chi connectivity index (χ4n) is 0.694. The van der Waals surface area contributed by atoms with Gasteiger partial charge in [0, 0.05) is 24.0 Å². The van der Waals surface area contributed by atoms with Gasteiger partial charge in [-0.1, -0.05) is 11.6 Å². The van der Waals surface area contributed by atoms with E-state index in [0.717, 1.165) is 4.88 Å². The summed E-state index contributed by atoms with van der Waals surface area (Å²) < 4.78 is 0.504. The zero-order valence-corrected chi connectivity index (χ0v) is 7.40. The van der Waals surface area contributed by atoms with E-state index in [1.807, 2.05) is 0 Å². The van der Waals surface area contributed by atoms with E-state index >= 15 is 0 Å². The number of rotatable bonds is 3. The molecule has 3 N–H and O–H groups in total. The number of halogens is 1. The summed E-state index contributed by atoms with van der Waals surface area (Å²) in [6, 6.07) is 0. The Kier molecular flexibility index (Phi) is 3.26. The van der Waals surface area contributed by atoms with Crippen LogP contribution in [0.1, 0.15) is 4.88 Å². The maximum Gasteiger partial charge on any atom is 0.183 e. The number of thiazole rings is 1. The van der Waals surface area contributed by atoms with Crippen molar-refractivity contribution < 1.29 is 5.11 Å². The SMILES string of the molecule is NCC(O)Cc1cnc(Cl)s1. The van der Waals surface area contributed by atoms with E-state index in [-0.39, 0.29) is 6.54 Å². The summed E-state index contributed by atoms with van der Waals surface area (Å²) in [5, 5.41) is 9.13. The van der Waals surface area contributed by atoms with Gasteiger partial charge in [-0.05, 0) is 0 Å². The molecule has 1 atom stereocenters. The third-order valence-electron chi connectivity index (χ3n) is 1.23. The summed E-state index contributed by atoms with van der Waals surface area (Å²) in [6.45, 7) is 0.273. The molecule has 0 spiro atoms. The second kappa shape index (κ2) is 4.01. The predicted molar refractivity (Wildman–Crippen MR) is 45.9 cm³/mol. The van der Waals surface area contributed by atoms with Crippen molar-refractivity contribution in [3.8, 4) is 0 Å². The average molecular weight is 193 g/mol. The number of hydrogen-bond acceptors (Lipinski definition) is 4. The van der Waals surface area contributed by atoms with Gasteiger partial charge in [0.25, 0.3) is 0 Å². The number of aliphatic hydroxyl groups is 1. The Morgan fingerprint density at radius 2 is 2.55 bits per heavy atom. The molecular formula is C6H9ClN2OS. The molecule has 1 unspecified atom stereocenters. The number of hydrogen-bond donors (Lipinski definition) is 2. The lowest BCUT2D eigenvalue weighted by Gasteiger charge is -2.02. The van der Waals surface area contributed by atoms with Crippen LogP contribution in [0.4, 0.5) is 0 Å². The normalized spacial score (nSPS) is 13.4. The number of aliphatic hydroxyl groups excluding tert-OH is 1. The highest BCUT2D eigenvalue weighted by molar-refractivity contribution is 7.15. The summed E-state index contributed by atoms with van der Waals surface area (Å²) in [5.74, 6) is 0. The van der Waals surface area contributed by atoms with E-state index in [1.165, 1.54) is 11.3 Å². The van der Waals surface area contributed by atoms with Gasteiger partial charge in [-0.3, -0.25) is 0 Å². The van der Waals surface area contributed by atoms with E-state index in [1.54, 1.807) is 6.20 Å². The lowest BCUT2D eigenvalue weighted by Crippen LogP contribution is -2.21. The first-order valence-electron chi connectivity index (χ1n) is 3.20. The van der Waals surface area contributed by atoms with Crippen LogP contribution >= 0.6 is 22.9 Å². The highest BCUT2D eigenvalue weighted by Crippen LogP contribution is 2.18. The summed E-state index contributed by atoms with van der Waals surface area (Å²) in [6.07, 6.45) is 1.72. The molecule has 11 heavy (non-hydrogen) atoms. The molecule has 0 saturated carbocycles. The second-order valence-corrected chi connectivity index (χ2v) is 3.87. The molecule has 1 heterocycles. The molecule has 0 aliphatic rings. The van der Waals surface area contributed by atoms with Crippen LogP contribution in [0.3, 0.4) is 0 Å². The molecule has 1 rings (SSSR count). The first-order valence-corrected chi connectivity index (χ1v) is 4.40. The standard InChI is InChI=1S/C6H9ClN2OS/c7-6-9-3-5(11-6)1-4(10)2-8/h3-4,10H,1-2,8H2. The summed E-state index contributed by atoms with van der Waals surface area (Å²) in [7, 11) is 0. The van der Waals surface area contributed by atoms with E-state index in [4.69, 9.17) is 22.4 Å². The van der Waals surface area contributed by atoms with Gasteiger partial charge in [0.15, 0.2) is 4.47 Å². The summed E-state index contributed by atoms with van der Waals surface area (Å²) >= 11 is 6.95. The van der Waals surface area contributed by atoms with Gasteiger partial charge in [-0.25, -0.2) is 4.98 Å². The van der Waals surface area contributed by atoms with Crippen LogP contribution in [0.5, 0.6) is 0 Å². The Morgan fingerprint density at radius 3 is 3.00 bits per heavy atom. The highest BCUT2D eigenvalue weighted by Gasteiger charge is 2.05. The first-order chi connectivity index (χ1) is 5.22. The fourth-order valence-corrected chi connectivity index (χ4v) is 1.74. The quantitative estimate of drug-likeness (QED) is 0.740. The van der Waals surface area contributed by atoms with Crippen LogP contribution < -0.4 is 5.73 Å². The van der Waals surface area contributed by atoms with Crippen molar-refractivity contribution in [3.63, 3.8) is 0 Å². The van der Waals surface area contributed by atoms with Crippen LogP contribution in [0, 0.1) is 0 Å². The van der Waals surface area contributed by atoms with Crippen LogP contribution in [0.25, 0.3) is 0 Å². The van der Waals surface area contributed by atoms with Crippen molar-refractivity contribution in [2.75, 3.05) is 6.54 Å². The van der Waals surface area contributed by atoms with Gasteiger partial charge in [0.2, 0.25) is 0 Å². The minimum Gasteiger partial charge on any atom is -0.391 e. The maximum atomic E-state index is 9.13. The Labute approximate surface area is 73.8 Å². The molecule has 0 aliphatic heterocycles. The van der Waals surface area contributed by atoms with E-state index in [0.29, 0.717) is 10.9 Å². The zero-order chi connectivity index (χ0) is 8.27. The van der Waals surface area contributed by atoms with Crippen molar-refractivity contribution in [3.05, 3.63) is 15.5 Å². The molecule has 0 amide bonds. The number of nitrogens with zero attached hydrogens (tertiary/aromatic N) is 1. The molecule has 3 nitrogen and oxygen atoms in total. The summed E-state index contributed by atoms with van der Waals surface area (Å²) in [4.78, 5) is 4.80. The number of aromatic nitrogens is 1. The third-order valence-corrected chi connectivity index (χ3v) is 2.37. The predicted octanol–water partition coefficient (Wildman–Crippen LogP) is 0.659. The van der Waals surface area contributed by atoms with Gasteiger partial charge in [0.1, 0.15) is 0 Å². The molecule has 0 bridgehead atoms. The van der Waals surface area contributed by atoms with Gasteiger partial charge < -0.3 is 10.8 Å². The van der Waals surface area contributed by atoms with Crippen LogP contribution in [0.2, 0.25) is 4.47 Å². The number of nitrogens with two attached hydrogens (primary N) is 1.